The van der Waals surface area contributed by atoms with Crippen LogP contribution in [-0.2, 0) is 19.1 Å². The molecule has 0 N–H and O–H groups in total. The first kappa shape index (κ1) is 17.7. The molecule has 0 bridgehead atoms. The predicted molar refractivity (Wildman–Crippen MR) is 74.6 cm³/mol. The van der Waals surface area contributed by atoms with Gasteiger partial charge in [0.2, 0.25) is 0 Å². The molecule has 4 nitrogen and oxygen atoms in total. The lowest BCUT2D eigenvalue weighted by molar-refractivity contribution is -0.143. The van der Waals surface area contributed by atoms with Crippen LogP contribution >= 0.6 is 0 Å². The molecular weight excluding hydrogens is 244 g/mol. The maximum Gasteiger partial charge on any atom is 0.331 e. The number of hydrogen-bond acceptors (Lipinski definition) is 4. The Kier molecular flexibility index (Phi) is 9.85. The van der Waals surface area contributed by atoms with Gasteiger partial charge in [0.1, 0.15) is 0 Å². The molecule has 0 aliphatic heterocycles. The minimum atomic E-state index is -0.523. The Balaban J connectivity index is 3.96. The van der Waals surface area contributed by atoms with E-state index in [-0.39, 0.29) is 6.10 Å². The number of hydrogen-bond donors (Lipinski definition) is 0. The zero-order valence-corrected chi connectivity index (χ0v) is 12.5. The van der Waals surface area contributed by atoms with E-state index < -0.39 is 11.9 Å². The first-order chi connectivity index (χ1) is 8.99. The summed E-state index contributed by atoms with van der Waals surface area (Å²) in [6.45, 7) is 8.15. The lowest BCUT2D eigenvalue weighted by Gasteiger charge is -2.13. The van der Waals surface area contributed by atoms with E-state index in [1.807, 2.05) is 0 Å². The zero-order valence-electron chi connectivity index (χ0n) is 12.5. The predicted octanol–water partition coefficient (Wildman–Crippen LogP) is 3.25. The molecule has 0 aromatic rings. The van der Waals surface area contributed by atoms with Crippen molar-refractivity contribution < 1.29 is 19.1 Å². The Morgan fingerprint density at radius 2 is 1.74 bits per heavy atom. The maximum absolute atomic E-state index is 11.4. The maximum atomic E-state index is 11.4. The molecule has 4 heteroatoms. The van der Waals surface area contributed by atoms with Gasteiger partial charge in [-0.1, -0.05) is 33.1 Å². The van der Waals surface area contributed by atoms with E-state index in [9.17, 15) is 9.59 Å². The van der Waals surface area contributed by atoms with Crippen LogP contribution < -0.4 is 0 Å². The zero-order chi connectivity index (χ0) is 14.7. The number of rotatable bonds is 9. The van der Waals surface area contributed by atoms with Gasteiger partial charge in [-0.15, -0.1) is 0 Å². The summed E-state index contributed by atoms with van der Waals surface area (Å²) in [4.78, 5) is 22.6. The van der Waals surface area contributed by atoms with Crippen LogP contribution in [0.15, 0.2) is 12.2 Å². The number of ether oxygens (including phenoxy) is 2. The summed E-state index contributed by atoms with van der Waals surface area (Å²) in [7, 11) is 0. The molecule has 0 saturated heterocycles. The average Bonchev–Trinajstić information content (AvgIpc) is 2.35. The normalized spacial score (nSPS) is 12.7. The highest BCUT2D eigenvalue weighted by atomic mass is 16.5. The van der Waals surface area contributed by atoms with Gasteiger partial charge in [0.05, 0.1) is 12.7 Å². The van der Waals surface area contributed by atoms with Crippen molar-refractivity contribution in [1.82, 2.24) is 0 Å². The second-order valence-corrected chi connectivity index (χ2v) is 4.87. The van der Waals surface area contributed by atoms with Crippen molar-refractivity contribution in [1.29, 1.82) is 0 Å². The summed E-state index contributed by atoms with van der Waals surface area (Å²) in [5.41, 5.74) is 0. The molecule has 0 aromatic carbocycles. The Bertz CT molecular complexity index is 295. The van der Waals surface area contributed by atoms with Crippen LogP contribution in [0.3, 0.4) is 0 Å². The van der Waals surface area contributed by atoms with Crippen molar-refractivity contribution in [3.63, 3.8) is 0 Å². The second-order valence-electron chi connectivity index (χ2n) is 4.87. The molecular formula is C15H26O4. The van der Waals surface area contributed by atoms with Crippen molar-refractivity contribution in [2.45, 2.75) is 59.5 Å². The Morgan fingerprint density at radius 1 is 1.11 bits per heavy atom. The lowest BCUT2D eigenvalue weighted by Crippen LogP contribution is -2.13. The monoisotopic (exact) mass is 270 g/mol. The summed E-state index contributed by atoms with van der Waals surface area (Å²) in [6.07, 6.45) is 6.39. The summed E-state index contributed by atoms with van der Waals surface area (Å²) in [6, 6.07) is 0. The van der Waals surface area contributed by atoms with Gasteiger partial charge in [-0.25, -0.2) is 9.59 Å². The second kappa shape index (κ2) is 10.6. The van der Waals surface area contributed by atoms with Crippen molar-refractivity contribution in [3.05, 3.63) is 12.2 Å². The third kappa shape index (κ3) is 10.3. The molecule has 0 rings (SSSR count). The number of carbonyl (C=O) groups excluding carboxylic acids is 2. The molecule has 0 amide bonds. The van der Waals surface area contributed by atoms with E-state index in [1.165, 1.54) is 0 Å². The van der Waals surface area contributed by atoms with E-state index in [0.29, 0.717) is 12.5 Å². The molecule has 0 spiro atoms. The number of esters is 2. The molecule has 0 fully saturated rings. The van der Waals surface area contributed by atoms with Gasteiger partial charge in [-0.2, -0.15) is 0 Å². The van der Waals surface area contributed by atoms with Crippen LogP contribution in [0.5, 0.6) is 0 Å². The summed E-state index contributed by atoms with van der Waals surface area (Å²) >= 11 is 0. The van der Waals surface area contributed by atoms with Crippen LogP contribution in [0.1, 0.15) is 53.4 Å². The van der Waals surface area contributed by atoms with E-state index in [4.69, 9.17) is 9.47 Å². The SMILES string of the molecule is CCCCC(CC)COC(=O)/C=C/C(=O)OC(C)C. The van der Waals surface area contributed by atoms with Gasteiger partial charge < -0.3 is 9.47 Å². The van der Waals surface area contributed by atoms with Crippen molar-refractivity contribution in [2.24, 2.45) is 5.92 Å². The standard InChI is InChI=1S/C15H26O4/c1-5-7-8-13(6-2)11-18-14(16)9-10-15(17)19-12(3)4/h9-10,12-13H,5-8,11H2,1-4H3/b10-9+. The van der Waals surface area contributed by atoms with Gasteiger partial charge in [0.25, 0.3) is 0 Å². The fourth-order valence-corrected chi connectivity index (χ4v) is 1.55. The Hall–Kier alpha value is -1.32. The van der Waals surface area contributed by atoms with Crippen molar-refractivity contribution in [2.75, 3.05) is 6.61 Å². The van der Waals surface area contributed by atoms with Crippen LogP contribution in [0, 0.1) is 5.92 Å². The van der Waals surface area contributed by atoms with Crippen molar-refractivity contribution in [3.8, 4) is 0 Å². The first-order valence-corrected chi connectivity index (χ1v) is 7.05. The van der Waals surface area contributed by atoms with Gasteiger partial charge in [0, 0.05) is 12.2 Å². The highest BCUT2D eigenvalue weighted by Crippen LogP contribution is 2.12. The highest BCUT2D eigenvalue weighted by Gasteiger charge is 2.09. The van der Waals surface area contributed by atoms with E-state index in [1.54, 1.807) is 13.8 Å². The molecule has 0 aliphatic carbocycles. The fourth-order valence-electron chi connectivity index (χ4n) is 1.55. The van der Waals surface area contributed by atoms with Crippen LogP contribution in [-0.4, -0.2) is 24.6 Å². The van der Waals surface area contributed by atoms with E-state index >= 15 is 0 Å². The largest absolute Gasteiger partial charge is 0.462 e. The smallest absolute Gasteiger partial charge is 0.331 e. The van der Waals surface area contributed by atoms with Gasteiger partial charge in [0.15, 0.2) is 0 Å². The van der Waals surface area contributed by atoms with Gasteiger partial charge in [-0.05, 0) is 26.2 Å². The van der Waals surface area contributed by atoms with Crippen LogP contribution in [0.2, 0.25) is 0 Å². The molecule has 1 unspecified atom stereocenters. The first-order valence-electron chi connectivity index (χ1n) is 7.05. The summed E-state index contributed by atoms with van der Waals surface area (Å²) < 4.78 is 9.98. The minimum Gasteiger partial charge on any atom is -0.462 e. The fraction of sp³-hybridized carbons (Fsp3) is 0.733. The minimum absolute atomic E-state index is 0.188. The molecule has 0 saturated carbocycles. The molecule has 0 aromatic heterocycles. The molecule has 110 valence electrons. The molecule has 1 atom stereocenters. The summed E-state index contributed by atoms with van der Waals surface area (Å²) in [5, 5.41) is 0. The van der Waals surface area contributed by atoms with E-state index in [2.05, 4.69) is 13.8 Å². The molecule has 0 aliphatic rings. The quantitative estimate of drug-likeness (QED) is 0.476. The Morgan fingerprint density at radius 3 is 2.26 bits per heavy atom. The van der Waals surface area contributed by atoms with Crippen molar-refractivity contribution >= 4 is 11.9 Å². The van der Waals surface area contributed by atoms with Crippen LogP contribution in [0.4, 0.5) is 0 Å². The third-order valence-electron chi connectivity index (χ3n) is 2.71. The number of unbranched alkanes of at least 4 members (excludes halogenated alkanes) is 1. The molecule has 19 heavy (non-hydrogen) atoms. The Labute approximate surface area is 116 Å². The topological polar surface area (TPSA) is 52.6 Å². The van der Waals surface area contributed by atoms with Gasteiger partial charge >= 0.3 is 11.9 Å². The van der Waals surface area contributed by atoms with Gasteiger partial charge in [-0.3, -0.25) is 0 Å². The van der Waals surface area contributed by atoms with E-state index in [0.717, 1.165) is 37.8 Å². The average molecular weight is 270 g/mol. The lowest BCUT2D eigenvalue weighted by atomic mass is 10.0. The highest BCUT2D eigenvalue weighted by molar-refractivity contribution is 5.91. The summed E-state index contributed by atoms with van der Waals surface area (Å²) in [5.74, 6) is -0.611. The third-order valence-corrected chi connectivity index (χ3v) is 2.71. The van der Waals surface area contributed by atoms with Crippen LogP contribution in [0.25, 0.3) is 0 Å². The molecule has 0 radical (unpaired) electrons. The molecule has 0 heterocycles. The number of carbonyl (C=O) groups is 2.